The van der Waals surface area contributed by atoms with Gasteiger partial charge in [0.25, 0.3) is 0 Å². The first-order valence-corrected chi connectivity index (χ1v) is 5.81. The molecule has 0 unspecified atom stereocenters. The van der Waals surface area contributed by atoms with Crippen LogP contribution in [0.1, 0.15) is 5.56 Å². The van der Waals surface area contributed by atoms with E-state index < -0.39 is 21.7 Å². The van der Waals surface area contributed by atoms with E-state index in [0.717, 1.165) is 0 Å². The molecule has 0 spiro atoms. The molecule has 0 aliphatic rings. The van der Waals surface area contributed by atoms with Crippen LogP contribution in [0.4, 0.5) is 18.9 Å². The number of hydrogen-bond donors (Lipinski definition) is 0. The summed E-state index contributed by atoms with van der Waals surface area (Å²) in [6.07, 6.45) is -4.05. The molecule has 0 aliphatic heterocycles. The third-order valence-electron chi connectivity index (χ3n) is 2.40. The lowest BCUT2D eigenvalue weighted by molar-refractivity contribution is -0.385. The summed E-state index contributed by atoms with van der Waals surface area (Å²) in [5.74, 6) is -0.518. The SMILES string of the molecule is O=[N+]([O-])c1ccccc1Oc1ncc(C(F)(F)F)cc1Cl. The molecule has 1 aromatic carbocycles. The number of pyridine rings is 1. The third kappa shape index (κ3) is 3.40. The molecule has 0 amide bonds. The number of nitro benzene ring substituents is 1. The van der Waals surface area contributed by atoms with Gasteiger partial charge in [0.15, 0.2) is 0 Å². The fourth-order valence-electron chi connectivity index (χ4n) is 1.45. The van der Waals surface area contributed by atoms with E-state index in [9.17, 15) is 23.3 Å². The van der Waals surface area contributed by atoms with Gasteiger partial charge in [-0.3, -0.25) is 10.1 Å². The summed E-state index contributed by atoms with van der Waals surface area (Å²) in [7, 11) is 0. The summed E-state index contributed by atoms with van der Waals surface area (Å²) >= 11 is 5.66. The molecule has 0 fully saturated rings. The fourth-order valence-corrected chi connectivity index (χ4v) is 1.66. The van der Waals surface area contributed by atoms with E-state index in [1.807, 2.05) is 0 Å². The van der Waals surface area contributed by atoms with Crippen LogP contribution in [0.5, 0.6) is 11.6 Å². The van der Waals surface area contributed by atoms with Crippen molar-refractivity contribution in [1.82, 2.24) is 4.98 Å². The van der Waals surface area contributed by atoms with E-state index >= 15 is 0 Å². The first-order chi connectivity index (χ1) is 9.79. The molecule has 0 saturated heterocycles. The summed E-state index contributed by atoms with van der Waals surface area (Å²) < 4.78 is 42.5. The van der Waals surface area contributed by atoms with Crippen molar-refractivity contribution in [3.63, 3.8) is 0 Å². The van der Waals surface area contributed by atoms with E-state index in [1.54, 1.807) is 0 Å². The molecule has 0 N–H and O–H groups in total. The van der Waals surface area contributed by atoms with E-state index in [2.05, 4.69) is 4.98 Å². The van der Waals surface area contributed by atoms with Crippen molar-refractivity contribution in [2.75, 3.05) is 0 Å². The molecule has 2 aromatic rings. The Morgan fingerprint density at radius 2 is 1.95 bits per heavy atom. The fraction of sp³-hybridized carbons (Fsp3) is 0.0833. The van der Waals surface area contributed by atoms with Gasteiger partial charge in [0.2, 0.25) is 11.6 Å². The number of hydrogen-bond acceptors (Lipinski definition) is 4. The second-order valence-corrected chi connectivity index (χ2v) is 4.24. The van der Waals surface area contributed by atoms with E-state index in [0.29, 0.717) is 12.3 Å². The summed E-state index contributed by atoms with van der Waals surface area (Å²) in [4.78, 5) is 13.6. The zero-order valence-corrected chi connectivity index (χ0v) is 10.9. The first kappa shape index (κ1) is 15.0. The number of nitrogens with zero attached hydrogens (tertiary/aromatic N) is 2. The third-order valence-corrected chi connectivity index (χ3v) is 2.67. The second kappa shape index (κ2) is 5.57. The number of alkyl halides is 3. The van der Waals surface area contributed by atoms with Crippen molar-refractivity contribution in [3.8, 4) is 11.6 Å². The predicted octanol–water partition coefficient (Wildman–Crippen LogP) is 4.45. The van der Waals surface area contributed by atoms with E-state index in [-0.39, 0.29) is 17.3 Å². The van der Waals surface area contributed by atoms with Gasteiger partial charge >= 0.3 is 11.9 Å². The smallest absolute Gasteiger partial charge is 0.417 e. The maximum Gasteiger partial charge on any atom is 0.417 e. The highest BCUT2D eigenvalue weighted by molar-refractivity contribution is 6.31. The molecule has 21 heavy (non-hydrogen) atoms. The van der Waals surface area contributed by atoms with Crippen molar-refractivity contribution in [3.05, 3.63) is 57.2 Å². The molecule has 110 valence electrons. The second-order valence-electron chi connectivity index (χ2n) is 3.84. The van der Waals surface area contributed by atoms with Gasteiger partial charge in [-0.1, -0.05) is 23.7 Å². The molecule has 0 radical (unpaired) electrons. The summed E-state index contributed by atoms with van der Waals surface area (Å²) in [5.41, 5.74) is -1.39. The van der Waals surface area contributed by atoms with Crippen LogP contribution < -0.4 is 4.74 Å². The molecular weight excluding hydrogens is 313 g/mol. The summed E-state index contributed by atoms with van der Waals surface area (Å²) in [6, 6.07) is 6.01. The minimum absolute atomic E-state index is 0.170. The number of ether oxygens (including phenoxy) is 1. The Balaban J connectivity index is 2.35. The summed E-state index contributed by atoms with van der Waals surface area (Å²) in [6.45, 7) is 0. The number of para-hydroxylation sites is 2. The number of aromatic nitrogens is 1. The maximum atomic E-state index is 12.5. The van der Waals surface area contributed by atoms with Gasteiger partial charge in [-0.15, -0.1) is 0 Å². The van der Waals surface area contributed by atoms with E-state index in [1.165, 1.54) is 24.3 Å². The molecule has 0 atom stereocenters. The molecule has 2 rings (SSSR count). The van der Waals surface area contributed by atoms with Gasteiger partial charge in [-0.2, -0.15) is 13.2 Å². The Labute approximate surface area is 121 Å². The van der Waals surface area contributed by atoms with Crippen LogP contribution in [0.15, 0.2) is 36.5 Å². The van der Waals surface area contributed by atoms with Gasteiger partial charge < -0.3 is 4.74 Å². The van der Waals surface area contributed by atoms with Gasteiger partial charge in [-0.25, -0.2) is 4.98 Å². The van der Waals surface area contributed by atoms with Crippen molar-refractivity contribution in [2.24, 2.45) is 0 Å². The normalized spacial score (nSPS) is 11.2. The molecule has 1 aromatic heterocycles. The highest BCUT2D eigenvalue weighted by Crippen LogP contribution is 2.36. The largest absolute Gasteiger partial charge is 0.430 e. The molecule has 0 bridgehead atoms. The minimum atomic E-state index is -4.59. The zero-order chi connectivity index (χ0) is 15.6. The van der Waals surface area contributed by atoms with Gasteiger partial charge in [0.1, 0.15) is 5.02 Å². The lowest BCUT2D eigenvalue weighted by Crippen LogP contribution is -2.06. The van der Waals surface area contributed by atoms with Crippen LogP contribution in [0.3, 0.4) is 0 Å². The predicted molar refractivity (Wildman–Crippen MR) is 67.4 cm³/mol. The monoisotopic (exact) mass is 318 g/mol. The maximum absolute atomic E-state index is 12.5. The van der Waals surface area contributed by atoms with Crippen molar-refractivity contribution >= 4 is 17.3 Å². The minimum Gasteiger partial charge on any atom is -0.430 e. The first-order valence-electron chi connectivity index (χ1n) is 5.43. The van der Waals surface area contributed by atoms with Gasteiger partial charge in [0, 0.05) is 12.3 Å². The Morgan fingerprint density at radius 3 is 2.52 bits per heavy atom. The van der Waals surface area contributed by atoms with Crippen molar-refractivity contribution in [2.45, 2.75) is 6.18 Å². The Morgan fingerprint density at radius 1 is 1.29 bits per heavy atom. The zero-order valence-electron chi connectivity index (χ0n) is 10.1. The van der Waals surface area contributed by atoms with Crippen LogP contribution in [0.2, 0.25) is 5.02 Å². The lowest BCUT2D eigenvalue weighted by atomic mass is 10.3. The van der Waals surface area contributed by atoms with E-state index in [4.69, 9.17) is 16.3 Å². The standard InChI is InChI=1S/C12H6ClF3N2O3/c13-8-5-7(12(14,15)16)6-17-11(8)21-10-4-2-1-3-9(10)18(19)20/h1-6H. The quantitative estimate of drug-likeness (QED) is 0.619. The van der Waals surface area contributed by atoms with Crippen LogP contribution in [-0.2, 0) is 6.18 Å². The van der Waals surface area contributed by atoms with Crippen molar-refractivity contribution < 1.29 is 22.8 Å². The Kier molecular flexibility index (Phi) is 3.99. The number of halogens is 4. The van der Waals surface area contributed by atoms with Crippen LogP contribution >= 0.6 is 11.6 Å². The average Bonchev–Trinajstić information content (AvgIpc) is 2.40. The number of nitro groups is 1. The average molecular weight is 319 g/mol. The van der Waals surface area contributed by atoms with Crippen LogP contribution in [0, 0.1) is 10.1 Å². The van der Waals surface area contributed by atoms with Gasteiger partial charge in [0.05, 0.1) is 10.5 Å². The van der Waals surface area contributed by atoms with Crippen LogP contribution in [0.25, 0.3) is 0 Å². The van der Waals surface area contributed by atoms with Crippen LogP contribution in [-0.4, -0.2) is 9.91 Å². The molecular formula is C12H6ClF3N2O3. The molecule has 0 saturated carbocycles. The molecule has 0 aliphatic carbocycles. The highest BCUT2D eigenvalue weighted by Gasteiger charge is 2.32. The Hall–Kier alpha value is -2.35. The number of benzene rings is 1. The van der Waals surface area contributed by atoms with Gasteiger partial charge in [-0.05, 0) is 12.1 Å². The molecule has 1 heterocycles. The molecule has 5 nitrogen and oxygen atoms in total. The lowest BCUT2D eigenvalue weighted by Gasteiger charge is -2.10. The van der Waals surface area contributed by atoms with Crippen molar-refractivity contribution in [1.29, 1.82) is 0 Å². The number of rotatable bonds is 3. The molecule has 9 heteroatoms. The summed E-state index contributed by atoms with van der Waals surface area (Å²) in [5, 5.41) is 10.4. The highest BCUT2D eigenvalue weighted by atomic mass is 35.5. The topological polar surface area (TPSA) is 65.3 Å². The Bertz CT molecular complexity index is 692.